The fraction of sp³-hybridized carbons (Fsp3) is 0.731. The van der Waals surface area contributed by atoms with Gasteiger partial charge < -0.3 is 15.0 Å². The molecule has 6 nitrogen and oxygen atoms in total. The number of anilines is 1. The maximum Gasteiger partial charge on any atom is 0.341 e. The van der Waals surface area contributed by atoms with Crippen LogP contribution in [-0.2, 0) is 9.53 Å². The number of nitrogens with zero attached hydrogens (tertiary/aromatic N) is 2. The van der Waals surface area contributed by atoms with Crippen molar-refractivity contribution >= 4 is 17.7 Å². The number of nitrogens with one attached hydrogen (secondary N) is 1. The van der Waals surface area contributed by atoms with Crippen LogP contribution >= 0.6 is 0 Å². The van der Waals surface area contributed by atoms with Crippen LogP contribution in [0.5, 0.6) is 0 Å². The summed E-state index contributed by atoms with van der Waals surface area (Å²) in [7, 11) is 1.38. The quantitative estimate of drug-likeness (QED) is 0.586. The highest BCUT2D eigenvalue weighted by Gasteiger charge is 2.37. The predicted molar refractivity (Wildman–Crippen MR) is 128 cm³/mol. The molecule has 0 bridgehead atoms. The maximum atomic E-state index is 13.5. The molecule has 0 spiro atoms. The summed E-state index contributed by atoms with van der Waals surface area (Å²) in [5.74, 6) is 1.34. The van der Waals surface area contributed by atoms with Gasteiger partial charge in [-0.25, -0.2) is 9.78 Å². The third kappa shape index (κ3) is 5.62. The van der Waals surface area contributed by atoms with Crippen LogP contribution in [0.1, 0.15) is 88.2 Å². The Bertz CT molecular complexity index is 800. The molecule has 1 atom stereocenters. The second-order valence-electron chi connectivity index (χ2n) is 10.3. The molecule has 2 aliphatic rings. The smallest absolute Gasteiger partial charge is 0.341 e. The van der Waals surface area contributed by atoms with Crippen LogP contribution in [0.4, 0.5) is 5.82 Å². The van der Waals surface area contributed by atoms with Crippen molar-refractivity contribution in [1.29, 1.82) is 0 Å². The van der Waals surface area contributed by atoms with E-state index in [2.05, 4.69) is 36.0 Å². The third-order valence-corrected chi connectivity index (χ3v) is 7.95. The SMILES string of the molecule is CCC(C)(C)C1CCC(C(=O)N2CCCC[C@H]2CNc2nc(C)ccc2C(=O)OC)CC1. The van der Waals surface area contributed by atoms with Gasteiger partial charge >= 0.3 is 5.97 Å². The lowest BCUT2D eigenvalue weighted by Crippen LogP contribution is -2.50. The number of pyridine rings is 1. The van der Waals surface area contributed by atoms with Gasteiger partial charge in [0.1, 0.15) is 11.4 Å². The lowest BCUT2D eigenvalue weighted by Gasteiger charge is -2.42. The van der Waals surface area contributed by atoms with Crippen molar-refractivity contribution in [2.75, 3.05) is 25.5 Å². The highest BCUT2D eigenvalue weighted by atomic mass is 16.5. The summed E-state index contributed by atoms with van der Waals surface area (Å²) < 4.78 is 4.90. The van der Waals surface area contributed by atoms with Crippen LogP contribution in [0, 0.1) is 24.2 Å². The van der Waals surface area contributed by atoms with Gasteiger partial charge in [-0.15, -0.1) is 0 Å². The van der Waals surface area contributed by atoms with Crippen LogP contribution in [-0.4, -0.2) is 48.0 Å². The molecule has 32 heavy (non-hydrogen) atoms. The minimum atomic E-state index is -0.400. The molecule has 1 saturated carbocycles. The lowest BCUT2D eigenvalue weighted by molar-refractivity contribution is -0.140. The second-order valence-corrected chi connectivity index (χ2v) is 10.3. The molecule has 1 aromatic rings. The summed E-state index contributed by atoms with van der Waals surface area (Å²) in [6, 6.07) is 3.69. The van der Waals surface area contributed by atoms with Crippen LogP contribution < -0.4 is 5.32 Å². The number of piperidine rings is 1. The zero-order valence-corrected chi connectivity index (χ0v) is 20.6. The molecule has 3 rings (SSSR count). The first-order chi connectivity index (χ1) is 15.3. The van der Waals surface area contributed by atoms with Gasteiger partial charge in [0.05, 0.1) is 7.11 Å². The number of rotatable bonds is 7. The van der Waals surface area contributed by atoms with E-state index in [0.29, 0.717) is 29.2 Å². The van der Waals surface area contributed by atoms with E-state index in [1.807, 2.05) is 13.0 Å². The molecule has 178 valence electrons. The number of esters is 1. The number of amides is 1. The Balaban J connectivity index is 1.64. The van der Waals surface area contributed by atoms with Crippen LogP contribution in [0.2, 0.25) is 0 Å². The Labute approximate surface area is 193 Å². The van der Waals surface area contributed by atoms with Crippen molar-refractivity contribution in [3.63, 3.8) is 0 Å². The van der Waals surface area contributed by atoms with E-state index < -0.39 is 5.97 Å². The summed E-state index contributed by atoms with van der Waals surface area (Å²) in [5, 5.41) is 3.36. The molecular formula is C26H41N3O3. The number of ether oxygens (including phenoxy) is 1. The third-order valence-electron chi connectivity index (χ3n) is 7.95. The number of hydrogen-bond acceptors (Lipinski definition) is 5. The first-order valence-corrected chi connectivity index (χ1v) is 12.4. The maximum absolute atomic E-state index is 13.5. The van der Waals surface area contributed by atoms with E-state index in [9.17, 15) is 9.59 Å². The molecular weight excluding hydrogens is 402 g/mol. The minimum Gasteiger partial charge on any atom is -0.465 e. The van der Waals surface area contributed by atoms with Gasteiger partial charge in [-0.05, 0) is 75.3 Å². The summed E-state index contributed by atoms with van der Waals surface area (Å²) in [5.41, 5.74) is 1.64. The molecule has 0 aromatic carbocycles. The Morgan fingerprint density at radius 2 is 1.88 bits per heavy atom. The van der Waals surface area contributed by atoms with E-state index in [1.165, 1.54) is 13.5 Å². The lowest BCUT2D eigenvalue weighted by atomic mass is 9.67. The Morgan fingerprint density at radius 3 is 2.53 bits per heavy atom. The monoisotopic (exact) mass is 443 g/mol. The molecule has 2 heterocycles. The number of aromatic nitrogens is 1. The van der Waals surface area contributed by atoms with Crippen molar-refractivity contribution in [2.45, 2.75) is 85.1 Å². The number of likely N-dealkylation sites (tertiary alicyclic amines) is 1. The van der Waals surface area contributed by atoms with Gasteiger partial charge in [-0.1, -0.05) is 27.2 Å². The van der Waals surface area contributed by atoms with Gasteiger partial charge in [0, 0.05) is 30.7 Å². The summed E-state index contributed by atoms with van der Waals surface area (Å²) >= 11 is 0. The highest BCUT2D eigenvalue weighted by molar-refractivity contribution is 5.94. The predicted octanol–water partition coefficient (Wildman–Crippen LogP) is 5.21. The average molecular weight is 444 g/mol. The molecule has 1 aromatic heterocycles. The van der Waals surface area contributed by atoms with Gasteiger partial charge in [0.15, 0.2) is 0 Å². The normalized spacial score (nSPS) is 24.2. The van der Waals surface area contributed by atoms with Crippen molar-refractivity contribution in [2.24, 2.45) is 17.3 Å². The van der Waals surface area contributed by atoms with Crippen molar-refractivity contribution in [3.05, 3.63) is 23.4 Å². The molecule has 2 fully saturated rings. The molecule has 0 unspecified atom stereocenters. The second kappa shape index (κ2) is 10.7. The van der Waals surface area contributed by atoms with Crippen molar-refractivity contribution in [3.8, 4) is 0 Å². The Morgan fingerprint density at radius 1 is 1.16 bits per heavy atom. The number of hydrogen-bond donors (Lipinski definition) is 1. The summed E-state index contributed by atoms with van der Waals surface area (Å²) in [6.45, 7) is 10.3. The van der Waals surface area contributed by atoms with E-state index >= 15 is 0 Å². The van der Waals surface area contributed by atoms with E-state index in [4.69, 9.17) is 4.74 Å². The van der Waals surface area contributed by atoms with Crippen LogP contribution in [0.25, 0.3) is 0 Å². The zero-order chi connectivity index (χ0) is 23.3. The van der Waals surface area contributed by atoms with E-state index in [-0.39, 0.29) is 12.0 Å². The topological polar surface area (TPSA) is 71.5 Å². The number of aryl methyl sites for hydroxylation is 1. The van der Waals surface area contributed by atoms with Crippen LogP contribution in [0.15, 0.2) is 12.1 Å². The Kier molecular flexibility index (Phi) is 8.18. The fourth-order valence-corrected chi connectivity index (χ4v) is 5.33. The molecule has 1 N–H and O–H groups in total. The van der Waals surface area contributed by atoms with Crippen LogP contribution in [0.3, 0.4) is 0 Å². The van der Waals surface area contributed by atoms with Crippen molar-refractivity contribution < 1.29 is 14.3 Å². The standard InChI is InChI=1S/C26H41N3O3/c1-6-26(3,4)20-13-11-19(12-14-20)24(30)29-16-8-7-9-21(29)17-27-23-22(25(31)32-5)15-10-18(2)28-23/h10,15,19-21H,6-9,11-14,16-17H2,1-5H3,(H,27,28)/t19?,20?,21-/m0/s1. The summed E-state index contributed by atoms with van der Waals surface area (Å²) in [4.78, 5) is 32.2. The minimum absolute atomic E-state index is 0.133. The molecule has 1 aliphatic heterocycles. The van der Waals surface area contributed by atoms with Gasteiger partial charge in [-0.3, -0.25) is 4.79 Å². The molecule has 1 amide bonds. The first kappa shape index (κ1) is 24.5. The number of methoxy groups -OCH3 is 1. The molecule has 1 saturated heterocycles. The Hall–Kier alpha value is -2.11. The van der Waals surface area contributed by atoms with E-state index in [1.54, 1.807) is 6.07 Å². The first-order valence-electron chi connectivity index (χ1n) is 12.4. The van der Waals surface area contributed by atoms with Gasteiger partial charge in [0.2, 0.25) is 5.91 Å². The molecule has 1 aliphatic carbocycles. The van der Waals surface area contributed by atoms with E-state index in [0.717, 1.165) is 63.1 Å². The zero-order valence-electron chi connectivity index (χ0n) is 20.6. The number of carbonyl (C=O) groups is 2. The van der Waals surface area contributed by atoms with Crippen molar-refractivity contribution in [1.82, 2.24) is 9.88 Å². The highest BCUT2D eigenvalue weighted by Crippen LogP contribution is 2.42. The molecule has 6 heteroatoms. The molecule has 0 radical (unpaired) electrons. The van der Waals surface area contributed by atoms with Gasteiger partial charge in [0.25, 0.3) is 0 Å². The summed E-state index contributed by atoms with van der Waals surface area (Å²) in [6.07, 6.45) is 8.70. The fourth-order valence-electron chi connectivity index (χ4n) is 5.33. The largest absolute Gasteiger partial charge is 0.465 e. The van der Waals surface area contributed by atoms with Gasteiger partial charge in [-0.2, -0.15) is 0 Å². The number of carbonyl (C=O) groups excluding carboxylic acids is 2. The average Bonchev–Trinajstić information content (AvgIpc) is 2.82.